The maximum absolute atomic E-state index is 13.1. The molecule has 2 unspecified atom stereocenters. The minimum absolute atomic E-state index is 0.00632. The molecule has 0 saturated carbocycles. The largest absolute Gasteiger partial charge is 0.462 e. The van der Waals surface area contributed by atoms with E-state index in [9.17, 15) is 41.3 Å². The zero-order valence-electron chi connectivity index (χ0n) is 22.7. The molecule has 1 aliphatic rings. The number of carbonyl (C=O) groups excluding carboxylic acids is 2. The van der Waals surface area contributed by atoms with Gasteiger partial charge in [-0.05, 0) is 51.0 Å². The molecule has 0 fully saturated rings. The number of carbonyl (C=O) groups is 2. The number of nitrogens with zero attached hydrogens (tertiary/aromatic N) is 4. The first kappa shape index (κ1) is 31.7. The van der Waals surface area contributed by atoms with Crippen LogP contribution in [0.25, 0.3) is 0 Å². The van der Waals surface area contributed by atoms with Crippen LogP contribution in [-0.2, 0) is 25.7 Å². The van der Waals surface area contributed by atoms with E-state index in [0.29, 0.717) is 6.07 Å². The van der Waals surface area contributed by atoms with E-state index in [1.807, 2.05) is 0 Å². The lowest BCUT2D eigenvalue weighted by Crippen LogP contribution is -2.48. The summed E-state index contributed by atoms with van der Waals surface area (Å²) in [6, 6.07) is 7.00. The highest BCUT2D eigenvalue weighted by Gasteiger charge is 2.43. The number of rotatable bonds is 10. The number of esters is 1. The van der Waals surface area contributed by atoms with Crippen LogP contribution in [-0.4, -0.2) is 66.5 Å². The quantitative estimate of drug-likeness (QED) is 0.217. The van der Waals surface area contributed by atoms with Gasteiger partial charge in [-0.25, -0.2) is 22.5 Å². The fourth-order valence-corrected chi connectivity index (χ4v) is 5.70. The lowest BCUT2D eigenvalue weighted by Gasteiger charge is -2.39. The normalized spacial score (nSPS) is 18.0. The first-order chi connectivity index (χ1) is 19.0. The summed E-state index contributed by atoms with van der Waals surface area (Å²) in [7, 11) is -3.12. The van der Waals surface area contributed by atoms with Crippen molar-refractivity contribution in [3.8, 4) is 0 Å². The first-order valence-corrected chi connectivity index (χ1v) is 13.9. The summed E-state index contributed by atoms with van der Waals surface area (Å²) in [5.74, 6) is -1.79. The SMILES string of the molecule is CC1=NC(=O)N(CCCN(C)S(=O)(=O)c2cccc(C(F)(F)F)c2)C(c2cccc([N+](=O)[O-])c2)C1C(=O)OC(C)C. The Kier molecular flexibility index (Phi) is 9.54. The van der Waals surface area contributed by atoms with Gasteiger partial charge in [0.25, 0.3) is 5.69 Å². The van der Waals surface area contributed by atoms with Gasteiger partial charge in [-0.1, -0.05) is 18.2 Å². The second kappa shape index (κ2) is 12.3. The molecule has 0 saturated heterocycles. The Morgan fingerprint density at radius 1 is 1.20 bits per heavy atom. The summed E-state index contributed by atoms with van der Waals surface area (Å²) in [6.45, 7) is 4.42. The Hall–Kier alpha value is -3.85. The summed E-state index contributed by atoms with van der Waals surface area (Å²) < 4.78 is 71.5. The number of amides is 2. The molecule has 2 aromatic carbocycles. The van der Waals surface area contributed by atoms with Crippen LogP contribution >= 0.6 is 0 Å². The fourth-order valence-electron chi connectivity index (χ4n) is 4.44. The molecule has 222 valence electrons. The van der Waals surface area contributed by atoms with E-state index in [-0.39, 0.29) is 36.5 Å². The molecule has 2 aromatic rings. The van der Waals surface area contributed by atoms with Crippen LogP contribution in [0.2, 0.25) is 0 Å². The second-order valence-electron chi connectivity index (χ2n) is 9.70. The number of alkyl halides is 3. The van der Waals surface area contributed by atoms with Gasteiger partial charge in [0.05, 0.1) is 27.5 Å². The van der Waals surface area contributed by atoms with E-state index >= 15 is 0 Å². The molecule has 15 heteroatoms. The molecule has 0 radical (unpaired) electrons. The van der Waals surface area contributed by atoms with E-state index < -0.39 is 61.6 Å². The average molecular weight is 599 g/mol. The lowest BCUT2D eigenvalue weighted by atomic mass is 9.86. The molecule has 11 nitrogen and oxygen atoms in total. The maximum Gasteiger partial charge on any atom is 0.416 e. The number of benzene rings is 2. The molecule has 0 bridgehead atoms. The highest BCUT2D eigenvalue weighted by molar-refractivity contribution is 7.89. The van der Waals surface area contributed by atoms with Crippen molar-refractivity contribution in [1.29, 1.82) is 0 Å². The third-order valence-electron chi connectivity index (χ3n) is 6.39. The van der Waals surface area contributed by atoms with Crippen LogP contribution < -0.4 is 0 Å². The van der Waals surface area contributed by atoms with Gasteiger partial charge in [0.2, 0.25) is 10.0 Å². The summed E-state index contributed by atoms with van der Waals surface area (Å²) in [5.41, 5.74) is -0.953. The summed E-state index contributed by atoms with van der Waals surface area (Å²) in [6.07, 6.45) is -5.22. The number of sulfonamides is 1. The number of halogens is 3. The van der Waals surface area contributed by atoms with E-state index in [0.717, 1.165) is 22.5 Å². The van der Waals surface area contributed by atoms with E-state index in [1.54, 1.807) is 13.8 Å². The minimum atomic E-state index is -4.73. The van der Waals surface area contributed by atoms with Crippen molar-refractivity contribution in [2.24, 2.45) is 10.9 Å². The molecule has 0 aromatic heterocycles. The Balaban J connectivity index is 1.89. The molecule has 2 atom stereocenters. The van der Waals surface area contributed by atoms with Crippen molar-refractivity contribution in [3.63, 3.8) is 0 Å². The second-order valence-corrected chi connectivity index (χ2v) is 11.7. The van der Waals surface area contributed by atoms with Crippen LogP contribution in [0.15, 0.2) is 58.4 Å². The number of hydrogen-bond acceptors (Lipinski definition) is 7. The number of ether oxygens (including phenoxy) is 1. The summed E-state index contributed by atoms with van der Waals surface area (Å²) in [5, 5.41) is 11.4. The number of aliphatic imine (C=N–C) groups is 1. The van der Waals surface area contributed by atoms with Gasteiger partial charge in [-0.3, -0.25) is 14.9 Å². The number of nitro benzene ring substituents is 1. The molecule has 3 rings (SSSR count). The van der Waals surface area contributed by atoms with Gasteiger partial charge in [-0.2, -0.15) is 13.2 Å². The maximum atomic E-state index is 13.1. The summed E-state index contributed by atoms with van der Waals surface area (Å²) >= 11 is 0. The van der Waals surface area contributed by atoms with Gasteiger partial charge >= 0.3 is 18.2 Å². The predicted octanol–water partition coefficient (Wildman–Crippen LogP) is 4.83. The Morgan fingerprint density at radius 3 is 2.46 bits per heavy atom. The van der Waals surface area contributed by atoms with Gasteiger partial charge in [0.1, 0.15) is 5.92 Å². The number of hydrogen-bond donors (Lipinski definition) is 0. The first-order valence-electron chi connectivity index (χ1n) is 12.5. The van der Waals surface area contributed by atoms with E-state index in [2.05, 4.69) is 4.99 Å². The Bertz CT molecular complexity index is 1460. The van der Waals surface area contributed by atoms with Crippen LogP contribution in [0.5, 0.6) is 0 Å². The zero-order chi connectivity index (χ0) is 30.7. The Labute approximate surface area is 234 Å². The lowest BCUT2D eigenvalue weighted by molar-refractivity contribution is -0.385. The molecule has 0 aliphatic carbocycles. The smallest absolute Gasteiger partial charge is 0.416 e. The highest BCUT2D eigenvalue weighted by atomic mass is 32.2. The molecule has 1 heterocycles. The van der Waals surface area contributed by atoms with E-state index in [4.69, 9.17) is 4.74 Å². The van der Waals surface area contributed by atoms with Gasteiger partial charge in [-0.15, -0.1) is 0 Å². The van der Waals surface area contributed by atoms with Gasteiger partial charge in [0, 0.05) is 38.0 Å². The van der Waals surface area contributed by atoms with E-state index in [1.165, 1.54) is 43.1 Å². The predicted molar refractivity (Wildman–Crippen MR) is 142 cm³/mol. The third kappa shape index (κ3) is 7.27. The number of nitro groups is 1. The molecule has 0 spiro atoms. The van der Waals surface area contributed by atoms with Crippen LogP contribution in [0.3, 0.4) is 0 Å². The van der Waals surface area contributed by atoms with Crippen molar-refractivity contribution >= 4 is 33.4 Å². The van der Waals surface area contributed by atoms with Crippen LogP contribution in [0.1, 0.15) is 44.4 Å². The average Bonchev–Trinajstić information content (AvgIpc) is 2.88. The van der Waals surface area contributed by atoms with Crippen LogP contribution in [0.4, 0.5) is 23.7 Å². The molecule has 2 amide bonds. The van der Waals surface area contributed by atoms with Crippen molar-refractivity contribution in [1.82, 2.24) is 9.21 Å². The van der Waals surface area contributed by atoms with Crippen molar-refractivity contribution in [2.75, 3.05) is 20.1 Å². The molecule has 41 heavy (non-hydrogen) atoms. The van der Waals surface area contributed by atoms with Crippen LogP contribution in [0, 0.1) is 16.0 Å². The van der Waals surface area contributed by atoms with Gasteiger partial charge < -0.3 is 9.64 Å². The van der Waals surface area contributed by atoms with Gasteiger partial charge in [0.15, 0.2) is 0 Å². The fraction of sp³-hybridized carbons (Fsp3) is 0.423. The summed E-state index contributed by atoms with van der Waals surface area (Å²) in [4.78, 5) is 41.6. The number of non-ortho nitro benzene ring substituents is 1. The van der Waals surface area contributed by atoms with Crippen molar-refractivity contribution in [3.05, 3.63) is 69.8 Å². The molecule has 0 N–H and O–H groups in total. The molecular weight excluding hydrogens is 569 g/mol. The standard InChI is InChI=1S/C26H29F3N4O7S/c1-16(2)40-24(34)22-17(3)30-25(35)32(23(22)18-8-5-10-20(14-18)33(36)37)13-7-12-31(4)41(38,39)21-11-6-9-19(15-21)26(27,28)29/h5-6,8-11,14-16,22-23H,7,12-13H2,1-4H3. The molecular formula is C26H29F3N4O7S. The zero-order valence-corrected chi connectivity index (χ0v) is 23.5. The van der Waals surface area contributed by atoms with Crippen molar-refractivity contribution < 1.29 is 40.8 Å². The third-order valence-corrected chi connectivity index (χ3v) is 8.24. The number of urea groups is 1. The highest BCUT2D eigenvalue weighted by Crippen LogP contribution is 2.37. The molecule has 1 aliphatic heterocycles. The van der Waals surface area contributed by atoms with Crippen molar-refractivity contribution in [2.45, 2.75) is 50.4 Å². The Morgan fingerprint density at radius 2 is 1.85 bits per heavy atom. The topological polar surface area (TPSA) is 139 Å². The minimum Gasteiger partial charge on any atom is -0.462 e. The monoisotopic (exact) mass is 598 g/mol.